The lowest BCUT2D eigenvalue weighted by Gasteiger charge is -2.09. The third-order valence-corrected chi connectivity index (χ3v) is 4.09. The number of nitrogens with two attached hydrogens (primary N) is 1. The summed E-state index contributed by atoms with van der Waals surface area (Å²) in [4.78, 5) is 0.377. The molecule has 1 aromatic carbocycles. The molecule has 0 aliphatic carbocycles. The van der Waals surface area contributed by atoms with Crippen molar-refractivity contribution in [2.75, 3.05) is 23.9 Å². The average molecular weight is 317 g/mol. The van der Waals surface area contributed by atoms with Crippen molar-refractivity contribution in [2.24, 2.45) is 5.73 Å². The van der Waals surface area contributed by atoms with Crippen LogP contribution in [0, 0.1) is 0 Å². The maximum absolute atomic E-state index is 6.17. The fraction of sp³-hybridized carbons (Fsp3) is 0.500. The summed E-state index contributed by atoms with van der Waals surface area (Å²) in [5, 5.41) is 4.02. The second kappa shape index (κ2) is 9.45. The van der Waals surface area contributed by atoms with Crippen molar-refractivity contribution in [1.29, 1.82) is 0 Å². The predicted octanol–water partition coefficient (Wildman–Crippen LogP) is 4.31. The maximum atomic E-state index is 6.17. The molecule has 0 atom stereocenters. The summed E-state index contributed by atoms with van der Waals surface area (Å²) in [6.07, 6.45) is 7.19. The van der Waals surface area contributed by atoms with Gasteiger partial charge in [0.15, 0.2) is 0 Å². The number of hydrogen-bond donors (Lipinski definition) is 2. The molecule has 0 fully saturated rings. The first-order valence-corrected chi connectivity index (χ1v) is 8.65. The normalized spacial score (nSPS) is 10.4. The van der Waals surface area contributed by atoms with E-state index in [1.54, 1.807) is 0 Å². The highest BCUT2D eigenvalue weighted by atomic mass is 35.5. The number of thioether (sulfide) groups is 1. The summed E-state index contributed by atoms with van der Waals surface area (Å²) in [7, 11) is 0. The van der Waals surface area contributed by atoms with Crippen LogP contribution in [0.3, 0.4) is 0 Å². The average Bonchev–Trinajstić information content (AvgIpc) is 2.39. The van der Waals surface area contributed by atoms with Gasteiger partial charge in [0.2, 0.25) is 0 Å². The van der Waals surface area contributed by atoms with Crippen LogP contribution in [0.25, 0.3) is 0 Å². The number of hydrogen-bond acceptors (Lipinski definition) is 3. The molecule has 1 aromatic rings. The van der Waals surface area contributed by atoms with Crippen molar-refractivity contribution in [1.82, 2.24) is 0 Å². The minimum Gasteiger partial charge on any atom is -0.389 e. The van der Waals surface area contributed by atoms with Gasteiger partial charge in [-0.15, -0.1) is 0 Å². The molecule has 0 heterocycles. The van der Waals surface area contributed by atoms with Crippen LogP contribution in [0.2, 0.25) is 5.02 Å². The van der Waals surface area contributed by atoms with E-state index in [0.717, 1.165) is 17.8 Å². The van der Waals surface area contributed by atoms with Gasteiger partial charge in [-0.05, 0) is 43.0 Å². The summed E-state index contributed by atoms with van der Waals surface area (Å²) in [5.74, 6) is 1.26. The Morgan fingerprint density at radius 3 is 2.68 bits per heavy atom. The summed E-state index contributed by atoms with van der Waals surface area (Å²) in [5.41, 5.74) is 7.32. The lowest BCUT2D eigenvalue weighted by atomic mass is 10.2. The van der Waals surface area contributed by atoms with Crippen LogP contribution in [0.4, 0.5) is 5.69 Å². The quantitative estimate of drug-likeness (QED) is 0.526. The number of anilines is 1. The first-order chi connectivity index (χ1) is 9.15. The zero-order valence-corrected chi connectivity index (χ0v) is 13.6. The van der Waals surface area contributed by atoms with E-state index in [4.69, 9.17) is 29.6 Å². The molecular weight excluding hydrogens is 296 g/mol. The number of halogens is 1. The number of nitrogens with one attached hydrogen (secondary N) is 1. The zero-order chi connectivity index (χ0) is 14.1. The second-order valence-corrected chi connectivity index (χ2v) is 6.23. The number of benzene rings is 1. The summed E-state index contributed by atoms with van der Waals surface area (Å²) in [6, 6.07) is 5.64. The smallest absolute Gasteiger partial charge is 0.104 e. The Morgan fingerprint density at radius 1 is 1.32 bits per heavy atom. The van der Waals surface area contributed by atoms with Crippen LogP contribution in [-0.2, 0) is 0 Å². The van der Waals surface area contributed by atoms with Gasteiger partial charge in [0.25, 0.3) is 0 Å². The SMILES string of the molecule is CSCCCCCCNc1ccc(C(N)=S)cc1Cl. The Hall–Kier alpha value is -0.450. The minimum absolute atomic E-state index is 0.377. The molecule has 0 amide bonds. The Bertz CT molecular complexity index is 410. The monoisotopic (exact) mass is 316 g/mol. The topological polar surface area (TPSA) is 38.0 Å². The van der Waals surface area contributed by atoms with Gasteiger partial charge in [-0.25, -0.2) is 0 Å². The number of rotatable bonds is 9. The predicted molar refractivity (Wildman–Crippen MR) is 92.7 cm³/mol. The Morgan fingerprint density at radius 2 is 2.05 bits per heavy atom. The van der Waals surface area contributed by atoms with Crippen LogP contribution in [0.15, 0.2) is 18.2 Å². The molecule has 0 spiro atoms. The highest BCUT2D eigenvalue weighted by Crippen LogP contribution is 2.23. The maximum Gasteiger partial charge on any atom is 0.104 e. The zero-order valence-electron chi connectivity index (χ0n) is 11.2. The van der Waals surface area contributed by atoms with Crippen LogP contribution in [0.5, 0.6) is 0 Å². The lowest BCUT2D eigenvalue weighted by Crippen LogP contribution is -2.09. The molecule has 0 saturated heterocycles. The number of thiocarbonyl (C=S) groups is 1. The Balaban J connectivity index is 2.28. The molecule has 0 aliphatic rings. The van der Waals surface area contributed by atoms with Crippen LogP contribution >= 0.6 is 35.6 Å². The highest BCUT2D eigenvalue weighted by molar-refractivity contribution is 7.98. The standard InChI is InChI=1S/C14H21ClN2S2/c1-19-9-5-3-2-4-8-17-13-7-6-11(14(16)18)10-12(13)15/h6-7,10,17H,2-5,8-9H2,1H3,(H2,16,18). The van der Waals surface area contributed by atoms with Gasteiger partial charge in [-0.2, -0.15) is 11.8 Å². The van der Waals surface area contributed by atoms with E-state index < -0.39 is 0 Å². The van der Waals surface area contributed by atoms with Gasteiger partial charge >= 0.3 is 0 Å². The first-order valence-electron chi connectivity index (χ1n) is 6.47. The molecule has 5 heteroatoms. The van der Waals surface area contributed by atoms with E-state index >= 15 is 0 Å². The van der Waals surface area contributed by atoms with Crippen LogP contribution in [0.1, 0.15) is 31.2 Å². The van der Waals surface area contributed by atoms with E-state index in [0.29, 0.717) is 10.0 Å². The number of unbranched alkanes of at least 4 members (excludes halogenated alkanes) is 3. The first kappa shape index (κ1) is 16.6. The molecule has 2 nitrogen and oxygen atoms in total. The van der Waals surface area contributed by atoms with E-state index in [2.05, 4.69) is 11.6 Å². The molecule has 0 radical (unpaired) electrons. The lowest BCUT2D eigenvalue weighted by molar-refractivity contribution is 0.689. The van der Waals surface area contributed by atoms with Gasteiger partial charge in [0.05, 0.1) is 10.7 Å². The largest absolute Gasteiger partial charge is 0.389 e. The van der Waals surface area contributed by atoms with E-state index in [1.165, 1.54) is 31.4 Å². The van der Waals surface area contributed by atoms with Gasteiger partial charge in [-0.3, -0.25) is 0 Å². The van der Waals surface area contributed by atoms with Crippen molar-refractivity contribution < 1.29 is 0 Å². The Kier molecular flexibility index (Phi) is 8.26. The van der Waals surface area contributed by atoms with Crippen LogP contribution < -0.4 is 11.1 Å². The molecule has 0 aliphatic heterocycles. The van der Waals surface area contributed by atoms with Gasteiger partial charge in [0.1, 0.15) is 4.99 Å². The fourth-order valence-electron chi connectivity index (χ4n) is 1.76. The van der Waals surface area contributed by atoms with Crippen molar-refractivity contribution in [3.63, 3.8) is 0 Å². The van der Waals surface area contributed by atoms with Crippen molar-refractivity contribution in [3.05, 3.63) is 28.8 Å². The van der Waals surface area contributed by atoms with Crippen molar-refractivity contribution in [3.8, 4) is 0 Å². The van der Waals surface area contributed by atoms with Crippen molar-refractivity contribution >= 4 is 46.3 Å². The molecule has 1 rings (SSSR count). The molecule has 3 N–H and O–H groups in total. The van der Waals surface area contributed by atoms with E-state index in [9.17, 15) is 0 Å². The van der Waals surface area contributed by atoms with Gasteiger partial charge < -0.3 is 11.1 Å². The molecule has 106 valence electrons. The third kappa shape index (κ3) is 6.50. The Labute approximate surface area is 130 Å². The van der Waals surface area contributed by atoms with E-state index in [-0.39, 0.29) is 0 Å². The van der Waals surface area contributed by atoms with Gasteiger partial charge in [-0.1, -0.05) is 36.7 Å². The molecule has 0 unspecified atom stereocenters. The summed E-state index contributed by atoms with van der Waals surface area (Å²) in [6.45, 7) is 0.950. The third-order valence-electron chi connectivity index (χ3n) is 2.84. The van der Waals surface area contributed by atoms with Gasteiger partial charge in [0, 0.05) is 12.1 Å². The van der Waals surface area contributed by atoms with Crippen molar-refractivity contribution in [2.45, 2.75) is 25.7 Å². The minimum atomic E-state index is 0.377. The summed E-state index contributed by atoms with van der Waals surface area (Å²) < 4.78 is 0. The second-order valence-electron chi connectivity index (χ2n) is 4.39. The van der Waals surface area contributed by atoms with E-state index in [1.807, 2.05) is 30.0 Å². The molecule has 0 aromatic heterocycles. The molecule has 0 bridgehead atoms. The molecule has 19 heavy (non-hydrogen) atoms. The fourth-order valence-corrected chi connectivity index (χ4v) is 2.63. The molecular formula is C14H21ClN2S2. The molecule has 0 saturated carbocycles. The summed E-state index contributed by atoms with van der Waals surface area (Å²) >= 11 is 13.0. The highest BCUT2D eigenvalue weighted by Gasteiger charge is 2.03. The van der Waals surface area contributed by atoms with Crippen LogP contribution in [-0.4, -0.2) is 23.5 Å².